The highest BCUT2D eigenvalue weighted by atomic mass is 35.5. The first-order valence-electron chi connectivity index (χ1n) is 9.92. The molecular formula is C21H25ClN6O2. The van der Waals surface area contributed by atoms with Crippen LogP contribution >= 0.6 is 11.6 Å². The standard InChI is InChI=1S/C21H25ClN6O2/c1-4-6-13-28-19(22)15(14(3)26-28)11-12-18(29)24-25-21-23-17-10-8-7-9-16(17)20(30)27(21)5-2/h7-12H,4-6,13H2,1-3H3,(H,23,25)(H,24,29)/b12-11+. The Labute approximate surface area is 179 Å². The number of hydrazine groups is 1. The van der Waals surface area contributed by atoms with Gasteiger partial charge in [-0.05, 0) is 38.5 Å². The van der Waals surface area contributed by atoms with Crippen molar-refractivity contribution < 1.29 is 4.79 Å². The number of aryl methyl sites for hydroxylation is 2. The van der Waals surface area contributed by atoms with E-state index in [1.165, 1.54) is 10.6 Å². The Morgan fingerprint density at radius 2 is 2.03 bits per heavy atom. The van der Waals surface area contributed by atoms with Gasteiger partial charge in [-0.3, -0.25) is 29.7 Å². The average molecular weight is 429 g/mol. The fourth-order valence-electron chi connectivity index (χ4n) is 3.09. The van der Waals surface area contributed by atoms with E-state index < -0.39 is 5.91 Å². The molecule has 0 fully saturated rings. The summed E-state index contributed by atoms with van der Waals surface area (Å²) in [6, 6.07) is 7.09. The molecule has 0 bridgehead atoms. The fourth-order valence-corrected chi connectivity index (χ4v) is 3.41. The molecule has 0 atom stereocenters. The van der Waals surface area contributed by atoms with Crippen molar-refractivity contribution in [1.29, 1.82) is 0 Å². The molecule has 9 heteroatoms. The minimum Gasteiger partial charge on any atom is -0.277 e. The monoisotopic (exact) mass is 428 g/mol. The van der Waals surface area contributed by atoms with Gasteiger partial charge < -0.3 is 0 Å². The quantitative estimate of drug-likeness (QED) is 0.423. The van der Waals surface area contributed by atoms with E-state index in [1.807, 2.05) is 19.9 Å². The number of halogens is 1. The van der Waals surface area contributed by atoms with Crippen LogP contribution in [-0.2, 0) is 17.9 Å². The van der Waals surface area contributed by atoms with Gasteiger partial charge in [-0.1, -0.05) is 37.1 Å². The van der Waals surface area contributed by atoms with Crippen LogP contribution in [0.15, 0.2) is 35.1 Å². The van der Waals surface area contributed by atoms with Crippen molar-refractivity contribution in [2.75, 3.05) is 5.43 Å². The number of fused-ring (bicyclic) bond motifs is 1. The van der Waals surface area contributed by atoms with Crippen LogP contribution in [0.5, 0.6) is 0 Å². The van der Waals surface area contributed by atoms with Crippen molar-refractivity contribution in [1.82, 2.24) is 24.8 Å². The Kier molecular flexibility index (Phi) is 6.89. The number of carbonyl (C=O) groups excluding carboxylic acids is 1. The highest BCUT2D eigenvalue weighted by Crippen LogP contribution is 2.21. The predicted molar refractivity (Wildman–Crippen MR) is 119 cm³/mol. The molecule has 158 valence electrons. The maximum Gasteiger partial charge on any atom is 0.262 e. The number of nitrogens with one attached hydrogen (secondary N) is 2. The number of amides is 1. The second-order valence-corrected chi connectivity index (χ2v) is 7.17. The number of hydrogen-bond acceptors (Lipinski definition) is 5. The highest BCUT2D eigenvalue weighted by molar-refractivity contribution is 6.31. The van der Waals surface area contributed by atoms with Gasteiger partial charge in [-0.25, -0.2) is 4.98 Å². The molecule has 1 amide bonds. The van der Waals surface area contributed by atoms with Crippen LogP contribution in [0.2, 0.25) is 5.15 Å². The summed E-state index contributed by atoms with van der Waals surface area (Å²) in [5.41, 5.74) is 7.14. The summed E-state index contributed by atoms with van der Waals surface area (Å²) in [7, 11) is 0. The molecule has 0 spiro atoms. The van der Waals surface area contributed by atoms with Crippen molar-refractivity contribution in [3.05, 3.63) is 57.1 Å². The molecule has 0 saturated heterocycles. The average Bonchev–Trinajstić information content (AvgIpc) is 3.02. The summed E-state index contributed by atoms with van der Waals surface area (Å²) < 4.78 is 3.21. The summed E-state index contributed by atoms with van der Waals surface area (Å²) in [5, 5.41) is 5.46. The zero-order valence-electron chi connectivity index (χ0n) is 17.3. The fraction of sp³-hybridized carbons (Fsp3) is 0.333. The Balaban J connectivity index is 1.74. The SMILES string of the molecule is CCCCn1nc(C)c(/C=C/C(=O)NNc2nc3ccccc3c(=O)n2CC)c1Cl. The number of carbonyl (C=O) groups is 1. The van der Waals surface area contributed by atoms with Crippen LogP contribution in [0.25, 0.3) is 17.0 Å². The van der Waals surface area contributed by atoms with Gasteiger partial charge in [0.15, 0.2) is 0 Å². The first kappa shape index (κ1) is 21.6. The van der Waals surface area contributed by atoms with Gasteiger partial charge in [0.25, 0.3) is 11.5 Å². The first-order valence-corrected chi connectivity index (χ1v) is 10.3. The van der Waals surface area contributed by atoms with E-state index in [-0.39, 0.29) is 11.5 Å². The smallest absolute Gasteiger partial charge is 0.262 e. The molecule has 2 aromatic heterocycles. The number of aromatic nitrogens is 4. The van der Waals surface area contributed by atoms with Gasteiger partial charge in [0.2, 0.25) is 5.95 Å². The normalized spacial score (nSPS) is 11.3. The van der Waals surface area contributed by atoms with Gasteiger partial charge in [0.05, 0.1) is 16.6 Å². The number of unbranched alkanes of at least 4 members (excludes halogenated alkanes) is 1. The molecule has 0 unspecified atom stereocenters. The Morgan fingerprint density at radius 1 is 1.27 bits per heavy atom. The van der Waals surface area contributed by atoms with Crippen LogP contribution < -0.4 is 16.4 Å². The summed E-state index contributed by atoms with van der Waals surface area (Å²) in [4.78, 5) is 29.3. The Bertz CT molecular complexity index is 1150. The van der Waals surface area contributed by atoms with Crippen molar-refractivity contribution in [3.63, 3.8) is 0 Å². The zero-order chi connectivity index (χ0) is 21.7. The van der Waals surface area contributed by atoms with E-state index in [9.17, 15) is 9.59 Å². The van der Waals surface area contributed by atoms with Crippen molar-refractivity contribution in [2.45, 2.75) is 46.7 Å². The molecule has 2 N–H and O–H groups in total. The lowest BCUT2D eigenvalue weighted by atomic mass is 10.2. The lowest BCUT2D eigenvalue weighted by Gasteiger charge is -2.13. The van der Waals surface area contributed by atoms with Crippen molar-refractivity contribution in [3.8, 4) is 0 Å². The molecule has 3 aromatic rings. The lowest BCUT2D eigenvalue weighted by Crippen LogP contribution is -2.33. The number of nitrogens with zero attached hydrogens (tertiary/aromatic N) is 4. The molecule has 1 aromatic carbocycles. The lowest BCUT2D eigenvalue weighted by molar-refractivity contribution is -0.116. The molecule has 0 radical (unpaired) electrons. The molecule has 0 aliphatic heterocycles. The Hall–Kier alpha value is -3.13. The predicted octanol–water partition coefficient (Wildman–Crippen LogP) is 3.53. The van der Waals surface area contributed by atoms with E-state index >= 15 is 0 Å². The largest absolute Gasteiger partial charge is 0.277 e. The molecule has 30 heavy (non-hydrogen) atoms. The zero-order valence-corrected chi connectivity index (χ0v) is 18.0. The minimum atomic E-state index is -0.406. The highest BCUT2D eigenvalue weighted by Gasteiger charge is 2.12. The number of rotatable bonds is 8. The van der Waals surface area contributed by atoms with E-state index in [2.05, 4.69) is 27.9 Å². The van der Waals surface area contributed by atoms with E-state index in [4.69, 9.17) is 11.6 Å². The molecule has 2 heterocycles. The summed E-state index contributed by atoms with van der Waals surface area (Å²) in [6.07, 6.45) is 5.01. The molecule has 3 rings (SSSR count). The van der Waals surface area contributed by atoms with E-state index in [0.29, 0.717) is 28.2 Å². The van der Waals surface area contributed by atoms with E-state index in [0.717, 1.165) is 25.1 Å². The second kappa shape index (κ2) is 9.58. The van der Waals surface area contributed by atoms with Gasteiger partial charge >= 0.3 is 0 Å². The van der Waals surface area contributed by atoms with Gasteiger partial charge in [0, 0.05) is 24.7 Å². The van der Waals surface area contributed by atoms with Crippen molar-refractivity contribution in [2.24, 2.45) is 0 Å². The number of anilines is 1. The molecular weight excluding hydrogens is 404 g/mol. The van der Waals surface area contributed by atoms with Crippen LogP contribution in [-0.4, -0.2) is 25.2 Å². The third kappa shape index (κ3) is 4.54. The summed E-state index contributed by atoms with van der Waals surface area (Å²) >= 11 is 6.39. The third-order valence-electron chi connectivity index (χ3n) is 4.71. The van der Waals surface area contributed by atoms with Crippen LogP contribution in [0.4, 0.5) is 5.95 Å². The van der Waals surface area contributed by atoms with Gasteiger partial charge in [0.1, 0.15) is 5.15 Å². The minimum absolute atomic E-state index is 0.169. The Morgan fingerprint density at radius 3 is 2.77 bits per heavy atom. The number of benzene rings is 1. The molecule has 0 saturated carbocycles. The van der Waals surface area contributed by atoms with E-state index in [1.54, 1.807) is 29.0 Å². The molecule has 0 aliphatic carbocycles. The summed E-state index contributed by atoms with van der Waals surface area (Å²) in [5.74, 6) is -0.138. The maximum atomic E-state index is 12.6. The topological polar surface area (TPSA) is 93.8 Å². The van der Waals surface area contributed by atoms with Crippen LogP contribution in [0.1, 0.15) is 37.9 Å². The van der Waals surface area contributed by atoms with Crippen molar-refractivity contribution >= 4 is 40.4 Å². The van der Waals surface area contributed by atoms with Crippen LogP contribution in [0, 0.1) is 6.92 Å². The summed E-state index contributed by atoms with van der Waals surface area (Å²) in [6.45, 7) is 6.94. The number of hydrogen-bond donors (Lipinski definition) is 2. The van der Waals surface area contributed by atoms with Gasteiger partial charge in [-0.2, -0.15) is 5.10 Å². The second-order valence-electron chi connectivity index (χ2n) is 6.82. The molecule has 8 nitrogen and oxygen atoms in total. The van der Waals surface area contributed by atoms with Crippen LogP contribution in [0.3, 0.4) is 0 Å². The third-order valence-corrected chi connectivity index (χ3v) is 5.11. The molecule has 0 aliphatic rings. The first-order chi connectivity index (χ1) is 14.5. The van der Waals surface area contributed by atoms with Gasteiger partial charge in [-0.15, -0.1) is 0 Å². The maximum absolute atomic E-state index is 12.6. The number of para-hydroxylation sites is 1.